The Morgan fingerprint density at radius 2 is 1.65 bits per heavy atom. The van der Waals surface area contributed by atoms with Gasteiger partial charge in [0, 0.05) is 42.7 Å². The summed E-state index contributed by atoms with van der Waals surface area (Å²) >= 11 is 0. The number of carbonyl (C=O) groups excluding carboxylic acids is 2. The zero-order valence-corrected chi connectivity index (χ0v) is 14.6. The highest BCUT2D eigenvalue weighted by molar-refractivity contribution is 6.32. The minimum atomic E-state index is -0.247. The Labute approximate surface area is 151 Å². The highest BCUT2D eigenvalue weighted by Gasteiger charge is 2.43. The van der Waals surface area contributed by atoms with Gasteiger partial charge in [0.25, 0.3) is 0 Å². The standard InChI is InChI=1S/C20H20N4O2/c1-24-9-7-20(8-10-24)22-14-6-5-12-16(17(14)23-20)19(26)11-3-2-4-13(21)15(11)18(12)25/h2-6,22-23H,7-10,21H2,1H3. The Bertz CT molecular complexity index is 974. The van der Waals surface area contributed by atoms with Gasteiger partial charge >= 0.3 is 0 Å². The maximum atomic E-state index is 13.2. The summed E-state index contributed by atoms with van der Waals surface area (Å²) in [5.41, 5.74) is 9.34. The molecule has 0 unspecified atom stereocenters. The summed E-state index contributed by atoms with van der Waals surface area (Å²) in [6.45, 7) is 1.95. The number of fused-ring (bicyclic) bond motifs is 4. The topological polar surface area (TPSA) is 87.5 Å². The van der Waals surface area contributed by atoms with Crippen molar-refractivity contribution in [2.45, 2.75) is 18.5 Å². The number of nitrogens with zero attached hydrogens (tertiary/aromatic N) is 1. The number of nitrogens with two attached hydrogens (primary N) is 1. The monoisotopic (exact) mass is 348 g/mol. The van der Waals surface area contributed by atoms with Crippen LogP contribution in [0, 0.1) is 0 Å². The van der Waals surface area contributed by atoms with Gasteiger partial charge < -0.3 is 21.3 Å². The van der Waals surface area contributed by atoms with E-state index >= 15 is 0 Å². The molecule has 3 aliphatic rings. The summed E-state index contributed by atoms with van der Waals surface area (Å²) in [6.07, 6.45) is 1.86. The number of carbonyl (C=O) groups is 2. The Hall–Kier alpha value is -2.86. The van der Waals surface area contributed by atoms with E-state index in [1.807, 2.05) is 6.07 Å². The SMILES string of the molecule is CN1CCC2(CC1)Nc1ccc3c(c1N2)C(=O)c1cccc(N)c1C3=O. The van der Waals surface area contributed by atoms with Crippen molar-refractivity contribution in [3.8, 4) is 0 Å². The van der Waals surface area contributed by atoms with Crippen LogP contribution < -0.4 is 16.4 Å². The van der Waals surface area contributed by atoms with E-state index in [1.54, 1.807) is 24.3 Å². The molecule has 1 saturated heterocycles. The predicted molar refractivity (Wildman–Crippen MR) is 101 cm³/mol. The van der Waals surface area contributed by atoms with Gasteiger partial charge in [0.05, 0.1) is 22.5 Å². The number of benzene rings is 2. The quantitative estimate of drug-likeness (QED) is 0.541. The molecule has 2 aliphatic heterocycles. The summed E-state index contributed by atoms with van der Waals surface area (Å²) in [5.74, 6) is -0.320. The van der Waals surface area contributed by atoms with Crippen LogP contribution in [-0.4, -0.2) is 42.3 Å². The van der Waals surface area contributed by atoms with Crippen LogP contribution in [0.25, 0.3) is 0 Å². The van der Waals surface area contributed by atoms with Gasteiger partial charge in [-0.1, -0.05) is 12.1 Å². The van der Waals surface area contributed by atoms with E-state index < -0.39 is 0 Å². The molecule has 1 fully saturated rings. The second-order valence-electron chi connectivity index (χ2n) is 7.47. The van der Waals surface area contributed by atoms with Crippen LogP contribution in [0.2, 0.25) is 0 Å². The van der Waals surface area contributed by atoms with E-state index in [2.05, 4.69) is 22.6 Å². The molecule has 1 aliphatic carbocycles. The Balaban J connectivity index is 1.63. The maximum absolute atomic E-state index is 13.2. The summed E-state index contributed by atoms with van der Waals surface area (Å²) < 4.78 is 0. The molecule has 4 N–H and O–H groups in total. The van der Waals surface area contributed by atoms with Crippen LogP contribution in [0.5, 0.6) is 0 Å². The van der Waals surface area contributed by atoms with Crippen molar-refractivity contribution in [3.63, 3.8) is 0 Å². The molecule has 0 saturated carbocycles. The highest BCUT2D eigenvalue weighted by Crippen LogP contribution is 2.45. The Morgan fingerprint density at radius 1 is 0.962 bits per heavy atom. The zero-order valence-electron chi connectivity index (χ0n) is 14.6. The van der Waals surface area contributed by atoms with Gasteiger partial charge in [-0.3, -0.25) is 9.59 Å². The van der Waals surface area contributed by atoms with Crippen LogP contribution in [0.3, 0.4) is 0 Å². The summed E-state index contributed by atoms with van der Waals surface area (Å²) in [6, 6.07) is 8.70. The third-order valence-electron chi connectivity index (χ3n) is 5.82. The van der Waals surface area contributed by atoms with Crippen LogP contribution in [-0.2, 0) is 0 Å². The fourth-order valence-corrected chi connectivity index (χ4v) is 4.32. The average Bonchev–Trinajstić information content (AvgIpc) is 3.00. The van der Waals surface area contributed by atoms with Crippen LogP contribution >= 0.6 is 0 Å². The lowest BCUT2D eigenvalue weighted by molar-refractivity contribution is 0.0980. The van der Waals surface area contributed by atoms with E-state index in [-0.39, 0.29) is 17.2 Å². The molecule has 6 heteroatoms. The second-order valence-corrected chi connectivity index (χ2v) is 7.47. The number of likely N-dealkylation sites (tertiary alicyclic amines) is 1. The Morgan fingerprint density at radius 3 is 2.42 bits per heavy atom. The first-order valence-electron chi connectivity index (χ1n) is 8.89. The number of piperidine rings is 1. The van der Waals surface area contributed by atoms with Crippen LogP contribution in [0.15, 0.2) is 30.3 Å². The van der Waals surface area contributed by atoms with Crippen molar-refractivity contribution in [2.75, 3.05) is 36.5 Å². The highest BCUT2D eigenvalue weighted by atomic mass is 16.1. The molecule has 132 valence electrons. The van der Waals surface area contributed by atoms with E-state index in [9.17, 15) is 9.59 Å². The predicted octanol–water partition coefficient (Wildman–Crippen LogP) is 2.30. The van der Waals surface area contributed by atoms with Gasteiger partial charge in [-0.25, -0.2) is 0 Å². The third-order valence-corrected chi connectivity index (χ3v) is 5.82. The van der Waals surface area contributed by atoms with Crippen molar-refractivity contribution in [1.29, 1.82) is 0 Å². The molecule has 0 amide bonds. The van der Waals surface area contributed by atoms with Gasteiger partial charge in [0.2, 0.25) is 0 Å². The maximum Gasteiger partial charge on any atom is 0.196 e. The molecule has 0 bridgehead atoms. The molecule has 5 rings (SSSR count). The molecular weight excluding hydrogens is 328 g/mol. The lowest BCUT2D eigenvalue weighted by atomic mass is 9.82. The number of anilines is 3. The van der Waals surface area contributed by atoms with Crippen molar-refractivity contribution in [1.82, 2.24) is 4.90 Å². The molecule has 2 aromatic carbocycles. The fourth-order valence-electron chi connectivity index (χ4n) is 4.32. The first-order chi connectivity index (χ1) is 12.5. The van der Waals surface area contributed by atoms with Crippen molar-refractivity contribution in [2.24, 2.45) is 0 Å². The molecule has 2 aromatic rings. The molecule has 6 nitrogen and oxygen atoms in total. The summed E-state index contributed by atoms with van der Waals surface area (Å²) in [4.78, 5) is 28.5. The fraction of sp³-hybridized carbons (Fsp3) is 0.300. The number of hydrogen-bond donors (Lipinski definition) is 3. The lowest BCUT2D eigenvalue weighted by Gasteiger charge is -2.38. The largest absolute Gasteiger partial charge is 0.398 e. The molecule has 1 spiro atoms. The number of ketones is 2. The van der Waals surface area contributed by atoms with Gasteiger partial charge in [-0.05, 0) is 25.2 Å². The van der Waals surface area contributed by atoms with Gasteiger partial charge in [-0.15, -0.1) is 0 Å². The minimum Gasteiger partial charge on any atom is -0.398 e. The minimum absolute atomic E-state index is 0.141. The molecule has 26 heavy (non-hydrogen) atoms. The molecular formula is C20H20N4O2. The normalized spacial score (nSPS) is 20.2. The zero-order chi connectivity index (χ0) is 18.1. The van der Waals surface area contributed by atoms with Gasteiger partial charge in [0.1, 0.15) is 5.66 Å². The van der Waals surface area contributed by atoms with E-state index in [0.717, 1.165) is 37.3 Å². The first-order valence-corrected chi connectivity index (χ1v) is 8.89. The summed E-state index contributed by atoms with van der Waals surface area (Å²) in [5, 5.41) is 7.12. The van der Waals surface area contributed by atoms with Gasteiger partial charge in [0.15, 0.2) is 11.6 Å². The van der Waals surface area contributed by atoms with Crippen LogP contribution in [0.4, 0.5) is 17.1 Å². The van der Waals surface area contributed by atoms with Crippen LogP contribution in [0.1, 0.15) is 44.7 Å². The van der Waals surface area contributed by atoms with E-state index in [1.165, 1.54) is 0 Å². The average molecular weight is 348 g/mol. The summed E-state index contributed by atoms with van der Waals surface area (Å²) in [7, 11) is 2.11. The van der Waals surface area contributed by atoms with Gasteiger partial charge in [-0.2, -0.15) is 0 Å². The van der Waals surface area contributed by atoms with E-state index in [4.69, 9.17) is 5.73 Å². The second kappa shape index (κ2) is 5.08. The molecule has 2 heterocycles. The lowest BCUT2D eigenvalue weighted by Crippen LogP contribution is -2.50. The number of hydrogen-bond acceptors (Lipinski definition) is 6. The number of rotatable bonds is 0. The molecule has 0 radical (unpaired) electrons. The third kappa shape index (κ3) is 1.96. The van der Waals surface area contributed by atoms with E-state index in [0.29, 0.717) is 27.9 Å². The number of nitrogen functional groups attached to an aromatic ring is 1. The number of nitrogens with one attached hydrogen (secondary N) is 2. The smallest absolute Gasteiger partial charge is 0.196 e. The molecule has 0 atom stereocenters. The Kier molecular flexibility index (Phi) is 3.01. The van der Waals surface area contributed by atoms with Crippen molar-refractivity contribution >= 4 is 28.6 Å². The molecule has 0 aromatic heterocycles. The van der Waals surface area contributed by atoms with Crippen molar-refractivity contribution < 1.29 is 9.59 Å². The van der Waals surface area contributed by atoms with Crippen molar-refractivity contribution in [3.05, 3.63) is 52.6 Å². The first kappa shape index (κ1) is 15.4.